The Labute approximate surface area is 123 Å². The largest absolute Gasteiger partial charge is 0.478 e. The van der Waals surface area contributed by atoms with Crippen LogP contribution in [0.2, 0.25) is 0 Å². The number of carbonyl (C=O) groups is 1. The van der Waals surface area contributed by atoms with Gasteiger partial charge in [-0.3, -0.25) is 4.90 Å². The van der Waals surface area contributed by atoms with E-state index in [1.54, 1.807) is 17.4 Å². The Morgan fingerprint density at radius 2 is 2.40 bits per heavy atom. The highest BCUT2D eigenvalue weighted by atomic mass is 32.1. The van der Waals surface area contributed by atoms with Crippen LogP contribution in [0.5, 0.6) is 0 Å². The number of aliphatic hydroxyl groups excluding tert-OH is 1. The Morgan fingerprint density at radius 3 is 3.15 bits per heavy atom. The summed E-state index contributed by atoms with van der Waals surface area (Å²) in [5.41, 5.74) is 0.955. The average molecular weight is 295 g/mol. The van der Waals surface area contributed by atoms with Gasteiger partial charge in [0, 0.05) is 30.6 Å². The van der Waals surface area contributed by atoms with Gasteiger partial charge < -0.3 is 10.2 Å². The van der Waals surface area contributed by atoms with Crippen molar-refractivity contribution in [2.24, 2.45) is 5.92 Å². The van der Waals surface area contributed by atoms with E-state index in [0.717, 1.165) is 31.6 Å². The fourth-order valence-corrected chi connectivity index (χ4v) is 3.56. The van der Waals surface area contributed by atoms with Gasteiger partial charge in [-0.05, 0) is 54.8 Å². The predicted molar refractivity (Wildman–Crippen MR) is 80.7 cm³/mol. The molecular weight excluding hydrogens is 274 g/mol. The van der Waals surface area contributed by atoms with Crippen molar-refractivity contribution < 1.29 is 15.0 Å². The lowest BCUT2D eigenvalue weighted by molar-refractivity contribution is -0.131. The zero-order chi connectivity index (χ0) is 14.4. The summed E-state index contributed by atoms with van der Waals surface area (Å²) in [5, 5.41) is 19.6. The number of likely N-dealkylation sites (tertiary alicyclic amines) is 1. The minimum absolute atomic E-state index is 0.279. The zero-order valence-corrected chi connectivity index (χ0v) is 12.3. The van der Waals surface area contributed by atoms with Crippen molar-refractivity contribution in [2.75, 3.05) is 19.7 Å². The first-order valence-corrected chi connectivity index (χ1v) is 7.87. The van der Waals surface area contributed by atoms with Gasteiger partial charge in [-0.25, -0.2) is 4.79 Å². The molecule has 0 spiro atoms. The summed E-state index contributed by atoms with van der Waals surface area (Å²) in [7, 11) is 0. The van der Waals surface area contributed by atoms with Crippen molar-refractivity contribution in [3.05, 3.63) is 28.0 Å². The van der Waals surface area contributed by atoms with Gasteiger partial charge in [-0.1, -0.05) is 0 Å². The Hall–Kier alpha value is -1.17. The molecule has 2 heterocycles. The van der Waals surface area contributed by atoms with Crippen LogP contribution in [0.3, 0.4) is 0 Å². The van der Waals surface area contributed by atoms with Crippen LogP contribution in [0.1, 0.15) is 29.7 Å². The first kappa shape index (κ1) is 15.2. The van der Waals surface area contributed by atoms with Crippen LogP contribution in [-0.4, -0.2) is 40.8 Å². The van der Waals surface area contributed by atoms with E-state index >= 15 is 0 Å². The predicted octanol–water partition coefficient (Wildman–Crippen LogP) is 2.44. The van der Waals surface area contributed by atoms with E-state index in [2.05, 4.69) is 11.0 Å². The number of hydrogen-bond donors (Lipinski definition) is 2. The highest BCUT2D eigenvalue weighted by Gasteiger charge is 2.19. The number of carboxylic acid groups (broad SMARTS) is 1. The molecule has 0 amide bonds. The zero-order valence-electron chi connectivity index (χ0n) is 11.5. The van der Waals surface area contributed by atoms with E-state index in [0.29, 0.717) is 5.92 Å². The van der Waals surface area contributed by atoms with Crippen molar-refractivity contribution in [3.8, 4) is 0 Å². The standard InChI is InChI=1S/C15H21NO3S/c17-7-5-12-2-1-6-16(9-12)10-14-8-13(11-20-14)3-4-15(18)19/h3-4,8,11-12,17H,1-2,5-7,9-10H2,(H,18,19)/b4-3+. The Bertz CT molecular complexity index is 467. The molecule has 1 atom stereocenters. The number of aliphatic carboxylic acids is 1. The summed E-state index contributed by atoms with van der Waals surface area (Å²) < 4.78 is 0. The maximum atomic E-state index is 10.5. The van der Waals surface area contributed by atoms with E-state index in [9.17, 15) is 4.79 Å². The van der Waals surface area contributed by atoms with Crippen LogP contribution in [0, 0.1) is 5.92 Å². The molecule has 0 radical (unpaired) electrons. The van der Waals surface area contributed by atoms with Gasteiger partial charge in [0.25, 0.3) is 0 Å². The number of rotatable bonds is 6. The second kappa shape index (κ2) is 7.57. The van der Waals surface area contributed by atoms with Gasteiger partial charge in [-0.2, -0.15) is 0 Å². The molecule has 0 aromatic carbocycles. The summed E-state index contributed by atoms with van der Waals surface area (Å²) in [4.78, 5) is 14.2. The SMILES string of the molecule is O=C(O)/C=C/c1csc(CN2CCCC(CCO)C2)c1. The van der Waals surface area contributed by atoms with Crippen LogP contribution in [0.15, 0.2) is 17.5 Å². The van der Waals surface area contributed by atoms with Crippen LogP contribution >= 0.6 is 11.3 Å². The Morgan fingerprint density at radius 1 is 1.55 bits per heavy atom. The number of piperidine rings is 1. The first-order chi connectivity index (χ1) is 9.67. The molecule has 110 valence electrons. The molecule has 0 saturated carbocycles. The van der Waals surface area contributed by atoms with Crippen LogP contribution in [0.4, 0.5) is 0 Å². The van der Waals surface area contributed by atoms with E-state index in [1.807, 2.05) is 5.38 Å². The van der Waals surface area contributed by atoms with Crippen molar-refractivity contribution in [2.45, 2.75) is 25.8 Å². The number of hydrogen-bond acceptors (Lipinski definition) is 4. The van der Waals surface area contributed by atoms with E-state index in [1.165, 1.54) is 23.8 Å². The third kappa shape index (κ3) is 4.74. The smallest absolute Gasteiger partial charge is 0.328 e. The van der Waals surface area contributed by atoms with E-state index in [4.69, 9.17) is 10.2 Å². The molecule has 1 fully saturated rings. The quantitative estimate of drug-likeness (QED) is 0.791. The first-order valence-electron chi connectivity index (χ1n) is 6.99. The van der Waals surface area contributed by atoms with Crippen molar-refractivity contribution >= 4 is 23.4 Å². The number of carboxylic acids is 1. The molecule has 1 aromatic rings. The van der Waals surface area contributed by atoms with Crippen LogP contribution < -0.4 is 0 Å². The lowest BCUT2D eigenvalue weighted by atomic mass is 9.95. The number of nitrogens with zero attached hydrogens (tertiary/aromatic N) is 1. The van der Waals surface area contributed by atoms with E-state index < -0.39 is 5.97 Å². The fourth-order valence-electron chi connectivity index (χ4n) is 2.67. The van der Waals surface area contributed by atoms with Crippen LogP contribution in [-0.2, 0) is 11.3 Å². The van der Waals surface area contributed by atoms with Crippen molar-refractivity contribution in [3.63, 3.8) is 0 Å². The third-order valence-corrected chi connectivity index (χ3v) is 4.55. The molecule has 20 heavy (non-hydrogen) atoms. The third-order valence-electron chi connectivity index (χ3n) is 3.61. The lowest BCUT2D eigenvalue weighted by Crippen LogP contribution is -2.35. The number of aliphatic hydroxyl groups is 1. The van der Waals surface area contributed by atoms with Gasteiger partial charge in [0.15, 0.2) is 0 Å². The second-order valence-corrected chi connectivity index (χ2v) is 6.27. The van der Waals surface area contributed by atoms with Gasteiger partial charge >= 0.3 is 5.97 Å². The summed E-state index contributed by atoms with van der Waals surface area (Å²) in [5.74, 6) is -0.305. The van der Waals surface area contributed by atoms with Gasteiger partial charge in [0.05, 0.1) is 0 Å². The second-order valence-electron chi connectivity index (χ2n) is 5.27. The maximum absolute atomic E-state index is 10.5. The lowest BCUT2D eigenvalue weighted by Gasteiger charge is -2.32. The molecule has 1 aromatic heterocycles. The van der Waals surface area contributed by atoms with Gasteiger partial charge in [0.2, 0.25) is 0 Å². The molecular formula is C15H21NO3S. The van der Waals surface area contributed by atoms with Gasteiger partial charge in [0.1, 0.15) is 0 Å². The molecule has 0 aliphatic carbocycles. The topological polar surface area (TPSA) is 60.8 Å². The van der Waals surface area contributed by atoms with Crippen LogP contribution in [0.25, 0.3) is 6.08 Å². The molecule has 1 aliphatic rings. The molecule has 5 heteroatoms. The number of thiophene rings is 1. The molecule has 1 saturated heterocycles. The Balaban J connectivity index is 1.88. The average Bonchev–Trinajstić information content (AvgIpc) is 2.85. The fraction of sp³-hybridized carbons (Fsp3) is 0.533. The maximum Gasteiger partial charge on any atom is 0.328 e. The Kier molecular flexibility index (Phi) is 5.76. The summed E-state index contributed by atoms with van der Waals surface area (Å²) in [6.07, 6.45) is 6.11. The van der Waals surface area contributed by atoms with Crippen molar-refractivity contribution in [1.29, 1.82) is 0 Å². The minimum atomic E-state index is -0.916. The van der Waals surface area contributed by atoms with E-state index in [-0.39, 0.29) is 6.61 Å². The summed E-state index contributed by atoms with van der Waals surface area (Å²) in [6, 6.07) is 2.06. The minimum Gasteiger partial charge on any atom is -0.478 e. The molecule has 2 N–H and O–H groups in total. The summed E-state index contributed by atoms with van der Waals surface area (Å²) >= 11 is 1.67. The monoisotopic (exact) mass is 295 g/mol. The molecule has 4 nitrogen and oxygen atoms in total. The molecule has 1 unspecified atom stereocenters. The molecule has 1 aliphatic heterocycles. The molecule has 2 rings (SSSR count). The highest BCUT2D eigenvalue weighted by molar-refractivity contribution is 7.10. The van der Waals surface area contributed by atoms with Crippen molar-refractivity contribution in [1.82, 2.24) is 4.90 Å². The molecule has 0 bridgehead atoms. The highest BCUT2D eigenvalue weighted by Crippen LogP contribution is 2.23. The van der Waals surface area contributed by atoms with Gasteiger partial charge in [-0.15, -0.1) is 11.3 Å². The summed E-state index contributed by atoms with van der Waals surface area (Å²) in [6.45, 7) is 3.37. The normalized spacial score (nSPS) is 20.6.